The van der Waals surface area contributed by atoms with Crippen LogP contribution in [0.15, 0.2) is 48.7 Å². The van der Waals surface area contributed by atoms with E-state index in [9.17, 15) is 22.8 Å². The number of carbonyl (C=O) groups is 2. The van der Waals surface area contributed by atoms with E-state index in [-0.39, 0.29) is 17.9 Å². The van der Waals surface area contributed by atoms with Crippen molar-refractivity contribution in [2.24, 2.45) is 0 Å². The zero-order chi connectivity index (χ0) is 21.9. The van der Waals surface area contributed by atoms with Gasteiger partial charge in [0.25, 0.3) is 5.91 Å². The minimum atomic E-state index is -4.68. The van der Waals surface area contributed by atoms with E-state index < -0.39 is 23.6 Å². The number of anilines is 2. The number of amides is 2. The zero-order valence-corrected chi connectivity index (χ0v) is 15.6. The van der Waals surface area contributed by atoms with Crippen LogP contribution in [-0.2, 0) is 17.6 Å². The summed E-state index contributed by atoms with van der Waals surface area (Å²) in [7, 11) is 0. The third-order valence-corrected chi connectivity index (χ3v) is 3.94. The van der Waals surface area contributed by atoms with E-state index >= 15 is 0 Å². The SMILES string of the molecule is CC(=O)Nc1cc(C(=O)Nc2ccc(-n3cc(CO)nn3)cc2)cc(C(F)(F)F)c1. The van der Waals surface area contributed by atoms with Gasteiger partial charge in [0, 0.05) is 23.9 Å². The molecule has 30 heavy (non-hydrogen) atoms. The maximum absolute atomic E-state index is 13.1. The van der Waals surface area contributed by atoms with Crippen molar-refractivity contribution in [1.29, 1.82) is 0 Å². The topological polar surface area (TPSA) is 109 Å². The summed E-state index contributed by atoms with van der Waals surface area (Å²) in [5, 5.41) is 21.4. The predicted octanol–water partition coefficient (Wildman–Crippen LogP) is 2.99. The van der Waals surface area contributed by atoms with Crippen molar-refractivity contribution in [3.05, 3.63) is 65.5 Å². The Morgan fingerprint density at radius 1 is 1.07 bits per heavy atom. The molecule has 2 amide bonds. The number of nitrogens with one attached hydrogen (secondary N) is 2. The first-order valence-electron chi connectivity index (χ1n) is 8.59. The summed E-state index contributed by atoms with van der Waals surface area (Å²) in [6.07, 6.45) is -3.16. The van der Waals surface area contributed by atoms with Gasteiger partial charge in [-0.3, -0.25) is 9.59 Å². The van der Waals surface area contributed by atoms with E-state index in [1.165, 1.54) is 23.0 Å². The normalized spacial score (nSPS) is 11.2. The van der Waals surface area contributed by atoms with Crippen LogP contribution in [-0.4, -0.2) is 31.9 Å². The molecule has 156 valence electrons. The Hall–Kier alpha value is -3.73. The first-order valence-corrected chi connectivity index (χ1v) is 8.59. The highest BCUT2D eigenvalue weighted by molar-refractivity contribution is 6.05. The summed E-state index contributed by atoms with van der Waals surface area (Å²) in [6, 6.07) is 8.92. The van der Waals surface area contributed by atoms with Crippen molar-refractivity contribution in [3.63, 3.8) is 0 Å². The summed E-state index contributed by atoms with van der Waals surface area (Å²) in [4.78, 5) is 23.7. The molecule has 0 aliphatic heterocycles. The molecule has 3 rings (SSSR count). The molecule has 0 bridgehead atoms. The lowest BCUT2D eigenvalue weighted by Crippen LogP contribution is -2.16. The number of aliphatic hydroxyl groups excluding tert-OH is 1. The highest BCUT2D eigenvalue weighted by Gasteiger charge is 2.32. The Morgan fingerprint density at radius 2 is 1.77 bits per heavy atom. The third kappa shape index (κ3) is 5.00. The summed E-state index contributed by atoms with van der Waals surface area (Å²) in [5.74, 6) is -1.34. The van der Waals surface area contributed by atoms with Gasteiger partial charge >= 0.3 is 6.18 Å². The number of benzene rings is 2. The molecule has 0 atom stereocenters. The van der Waals surface area contributed by atoms with Crippen LogP contribution >= 0.6 is 0 Å². The number of aliphatic hydroxyl groups is 1. The number of alkyl halides is 3. The monoisotopic (exact) mass is 419 g/mol. The Kier molecular flexibility index (Phi) is 5.83. The van der Waals surface area contributed by atoms with E-state index in [1.54, 1.807) is 12.1 Å². The van der Waals surface area contributed by atoms with Gasteiger partial charge in [0.05, 0.1) is 24.1 Å². The van der Waals surface area contributed by atoms with E-state index in [2.05, 4.69) is 20.9 Å². The van der Waals surface area contributed by atoms with Crippen LogP contribution in [0.5, 0.6) is 0 Å². The zero-order valence-electron chi connectivity index (χ0n) is 15.6. The molecule has 1 heterocycles. The van der Waals surface area contributed by atoms with Gasteiger partial charge in [-0.1, -0.05) is 5.21 Å². The average Bonchev–Trinajstić information content (AvgIpc) is 3.16. The quantitative estimate of drug-likeness (QED) is 0.589. The Labute approximate surface area is 168 Å². The first-order chi connectivity index (χ1) is 14.2. The summed E-state index contributed by atoms with van der Waals surface area (Å²) in [6.45, 7) is 0.895. The molecular weight excluding hydrogens is 403 g/mol. The highest BCUT2D eigenvalue weighted by Crippen LogP contribution is 2.32. The molecule has 0 spiro atoms. The van der Waals surface area contributed by atoms with E-state index in [4.69, 9.17) is 5.11 Å². The molecule has 0 aliphatic carbocycles. The molecule has 0 fully saturated rings. The van der Waals surface area contributed by atoms with Crippen molar-refractivity contribution in [2.45, 2.75) is 19.7 Å². The summed E-state index contributed by atoms with van der Waals surface area (Å²) in [5.41, 5.74) is -0.130. The van der Waals surface area contributed by atoms with Gasteiger partial charge in [-0.05, 0) is 42.5 Å². The van der Waals surface area contributed by atoms with Gasteiger partial charge in [-0.25, -0.2) is 4.68 Å². The van der Waals surface area contributed by atoms with Crippen molar-refractivity contribution in [1.82, 2.24) is 15.0 Å². The highest BCUT2D eigenvalue weighted by atomic mass is 19.4. The number of halogens is 3. The molecule has 3 N–H and O–H groups in total. The smallest absolute Gasteiger partial charge is 0.390 e. The molecule has 0 radical (unpaired) electrons. The molecule has 2 aromatic carbocycles. The largest absolute Gasteiger partial charge is 0.416 e. The molecule has 0 aliphatic rings. The molecular formula is C19H16F3N5O3. The van der Waals surface area contributed by atoms with Crippen LogP contribution in [0.25, 0.3) is 5.69 Å². The first kappa shape index (κ1) is 21.0. The van der Waals surface area contributed by atoms with Crippen LogP contribution in [0.2, 0.25) is 0 Å². The lowest BCUT2D eigenvalue weighted by Gasteiger charge is -2.13. The van der Waals surface area contributed by atoms with Crippen molar-refractivity contribution in [2.75, 3.05) is 10.6 Å². The molecule has 8 nitrogen and oxygen atoms in total. The number of hydrogen-bond acceptors (Lipinski definition) is 5. The second kappa shape index (κ2) is 8.33. The minimum absolute atomic E-state index is 0.135. The van der Waals surface area contributed by atoms with Gasteiger partial charge in [0.2, 0.25) is 5.91 Å². The molecule has 3 aromatic rings. The number of hydrogen-bond donors (Lipinski definition) is 3. The fourth-order valence-electron chi connectivity index (χ4n) is 2.60. The van der Waals surface area contributed by atoms with Crippen LogP contribution in [0, 0.1) is 0 Å². The lowest BCUT2D eigenvalue weighted by atomic mass is 10.1. The van der Waals surface area contributed by atoms with E-state index in [1.807, 2.05) is 0 Å². The fourth-order valence-corrected chi connectivity index (χ4v) is 2.60. The van der Waals surface area contributed by atoms with E-state index in [0.717, 1.165) is 19.1 Å². The molecule has 0 saturated heterocycles. The lowest BCUT2D eigenvalue weighted by molar-refractivity contribution is -0.137. The fraction of sp³-hybridized carbons (Fsp3) is 0.158. The standard InChI is InChI=1S/C19H16F3N5O3/c1-11(29)23-15-7-12(6-13(8-15)19(20,21)22)18(30)24-14-2-4-17(5-3-14)27-9-16(10-28)25-26-27/h2-9,28H,10H2,1H3,(H,23,29)(H,24,30). The van der Waals surface area contributed by atoms with Gasteiger partial charge in [0.1, 0.15) is 5.69 Å². The maximum atomic E-state index is 13.1. The van der Waals surface area contributed by atoms with Crippen LogP contribution < -0.4 is 10.6 Å². The molecule has 0 unspecified atom stereocenters. The van der Waals surface area contributed by atoms with Crippen LogP contribution in [0.1, 0.15) is 28.5 Å². The average molecular weight is 419 g/mol. The summed E-state index contributed by atoms with van der Waals surface area (Å²) >= 11 is 0. The van der Waals surface area contributed by atoms with Crippen molar-refractivity contribution >= 4 is 23.2 Å². The number of rotatable bonds is 5. The second-order valence-electron chi connectivity index (χ2n) is 6.29. The van der Waals surface area contributed by atoms with Crippen molar-refractivity contribution < 1.29 is 27.9 Å². The maximum Gasteiger partial charge on any atom is 0.416 e. The van der Waals surface area contributed by atoms with Gasteiger partial charge in [-0.2, -0.15) is 13.2 Å². The minimum Gasteiger partial charge on any atom is -0.390 e. The van der Waals surface area contributed by atoms with Gasteiger partial charge in [-0.15, -0.1) is 5.10 Å². The molecule has 0 saturated carbocycles. The Balaban J connectivity index is 1.81. The van der Waals surface area contributed by atoms with Gasteiger partial charge < -0.3 is 15.7 Å². The van der Waals surface area contributed by atoms with Crippen molar-refractivity contribution in [3.8, 4) is 5.69 Å². The number of carbonyl (C=O) groups excluding carboxylic acids is 2. The van der Waals surface area contributed by atoms with Crippen LogP contribution in [0.3, 0.4) is 0 Å². The number of aromatic nitrogens is 3. The Morgan fingerprint density at radius 3 is 2.33 bits per heavy atom. The number of nitrogens with zero attached hydrogens (tertiary/aromatic N) is 3. The predicted molar refractivity (Wildman–Crippen MR) is 101 cm³/mol. The van der Waals surface area contributed by atoms with E-state index in [0.29, 0.717) is 23.1 Å². The van der Waals surface area contributed by atoms with Gasteiger partial charge in [0.15, 0.2) is 0 Å². The Bertz CT molecular complexity index is 1080. The molecule has 1 aromatic heterocycles. The molecule has 11 heteroatoms. The second-order valence-corrected chi connectivity index (χ2v) is 6.29. The van der Waals surface area contributed by atoms with Crippen LogP contribution in [0.4, 0.5) is 24.5 Å². The summed E-state index contributed by atoms with van der Waals surface area (Å²) < 4.78 is 40.8. The third-order valence-electron chi connectivity index (χ3n) is 3.94.